The molecule has 0 rings (SSSR count). The quantitative estimate of drug-likeness (QED) is 0.179. The second-order valence-electron chi connectivity index (χ2n) is 4.88. The zero-order valence-electron chi connectivity index (χ0n) is 13.2. The van der Waals surface area contributed by atoms with Crippen molar-refractivity contribution in [2.24, 2.45) is 0 Å². The van der Waals surface area contributed by atoms with E-state index in [1.165, 1.54) is 0 Å². The van der Waals surface area contributed by atoms with Crippen molar-refractivity contribution in [2.75, 3.05) is 18.9 Å². The van der Waals surface area contributed by atoms with Crippen LogP contribution in [-0.2, 0) is 24.0 Å². The van der Waals surface area contributed by atoms with Crippen LogP contribution in [0.1, 0.15) is 19.3 Å². The summed E-state index contributed by atoms with van der Waals surface area (Å²) in [6.07, 6.45) is -0.789. The van der Waals surface area contributed by atoms with Crippen LogP contribution in [0.25, 0.3) is 0 Å². The summed E-state index contributed by atoms with van der Waals surface area (Å²) >= 11 is 3.89. The van der Waals surface area contributed by atoms with Crippen LogP contribution in [0.4, 0.5) is 0 Å². The first-order valence-electron chi connectivity index (χ1n) is 7.24. The molecule has 0 radical (unpaired) electrons. The van der Waals surface area contributed by atoms with Gasteiger partial charge in [0.1, 0.15) is 18.6 Å². The largest absolute Gasteiger partial charge is 0.480 e. The third kappa shape index (κ3) is 10.2. The Bertz CT molecular complexity index is 514. The van der Waals surface area contributed by atoms with Gasteiger partial charge in [0.25, 0.3) is 0 Å². The van der Waals surface area contributed by atoms with Crippen LogP contribution in [0.3, 0.4) is 0 Å². The first kappa shape index (κ1) is 22.7. The molecule has 6 N–H and O–H groups in total. The van der Waals surface area contributed by atoms with E-state index in [0.29, 0.717) is 0 Å². The molecule has 0 aliphatic rings. The molecule has 12 heteroatoms. The van der Waals surface area contributed by atoms with E-state index in [9.17, 15) is 24.0 Å². The number of hydrogen-bond acceptors (Lipinski definition) is 7. The predicted octanol–water partition coefficient (Wildman–Crippen LogP) is -2.67. The van der Waals surface area contributed by atoms with Crippen molar-refractivity contribution in [3.05, 3.63) is 0 Å². The van der Waals surface area contributed by atoms with E-state index in [4.69, 9.17) is 15.3 Å². The van der Waals surface area contributed by atoms with E-state index in [2.05, 4.69) is 28.6 Å². The Morgan fingerprint density at radius 2 is 1.48 bits per heavy atom. The van der Waals surface area contributed by atoms with Crippen LogP contribution in [-0.4, -0.2) is 76.0 Å². The smallest absolute Gasteiger partial charge is 0.326 e. The lowest BCUT2D eigenvalue weighted by molar-refractivity contribution is -0.142. The molecule has 2 atom stereocenters. The number of thiol groups is 1. The lowest BCUT2D eigenvalue weighted by Crippen LogP contribution is -2.49. The fraction of sp³-hybridized carbons (Fsp3) is 0.615. The highest BCUT2D eigenvalue weighted by atomic mass is 32.1. The Morgan fingerprint density at radius 3 is 1.96 bits per heavy atom. The Balaban J connectivity index is 4.48. The van der Waals surface area contributed by atoms with Gasteiger partial charge in [0, 0.05) is 18.6 Å². The van der Waals surface area contributed by atoms with E-state index in [0.717, 1.165) is 0 Å². The minimum atomic E-state index is -1.34. The van der Waals surface area contributed by atoms with Crippen LogP contribution in [0, 0.1) is 0 Å². The molecule has 0 unspecified atom stereocenters. The van der Waals surface area contributed by atoms with E-state index in [-0.39, 0.29) is 25.0 Å². The molecule has 0 aromatic rings. The summed E-state index contributed by atoms with van der Waals surface area (Å²) in [6.45, 7) is -1.05. The summed E-state index contributed by atoms with van der Waals surface area (Å²) in [5.74, 6) is -4.75. The predicted molar refractivity (Wildman–Crippen MR) is 86.9 cm³/mol. The number of carboxylic acids is 2. The van der Waals surface area contributed by atoms with Gasteiger partial charge in [0.05, 0.1) is 6.61 Å². The standard InChI is InChI=1S/C13H21N3O8S/c17-4-3-10(19)15-7(13(23)24)1-2-9(18)16-8(6-25)12(22)14-5-11(20)21/h7-8,17,25H,1-6H2,(H,14,22)(H,15,19)(H,16,18)(H,20,21)(H,23,24)/t7-,8-/m0/s1. The molecule has 0 spiro atoms. The minimum absolute atomic E-state index is 0.0905. The van der Waals surface area contributed by atoms with Gasteiger partial charge in [0.2, 0.25) is 17.7 Å². The average Bonchev–Trinajstić information content (AvgIpc) is 2.54. The van der Waals surface area contributed by atoms with Gasteiger partial charge < -0.3 is 31.3 Å². The topological polar surface area (TPSA) is 182 Å². The number of aliphatic hydroxyl groups is 1. The Morgan fingerprint density at radius 1 is 0.920 bits per heavy atom. The van der Waals surface area contributed by atoms with Crippen LogP contribution in [0.2, 0.25) is 0 Å². The highest BCUT2D eigenvalue weighted by molar-refractivity contribution is 7.80. The first-order chi connectivity index (χ1) is 11.7. The zero-order valence-corrected chi connectivity index (χ0v) is 14.1. The van der Waals surface area contributed by atoms with Crippen molar-refractivity contribution >= 4 is 42.3 Å². The highest BCUT2D eigenvalue weighted by Crippen LogP contribution is 2.00. The molecule has 0 aliphatic heterocycles. The maximum Gasteiger partial charge on any atom is 0.326 e. The zero-order chi connectivity index (χ0) is 19.4. The SMILES string of the molecule is O=C(O)CNC(=O)[C@H](CS)NC(=O)CC[C@H](NC(=O)CCO)C(=O)O. The van der Waals surface area contributed by atoms with Crippen molar-refractivity contribution in [3.63, 3.8) is 0 Å². The second-order valence-corrected chi connectivity index (χ2v) is 5.25. The molecule has 3 amide bonds. The maximum atomic E-state index is 11.8. The van der Waals surface area contributed by atoms with Gasteiger partial charge in [-0.3, -0.25) is 19.2 Å². The number of aliphatic carboxylic acids is 2. The fourth-order valence-corrected chi connectivity index (χ4v) is 1.90. The van der Waals surface area contributed by atoms with Crippen molar-refractivity contribution < 1.29 is 39.3 Å². The van der Waals surface area contributed by atoms with Gasteiger partial charge in [-0.1, -0.05) is 0 Å². The number of aliphatic hydroxyl groups excluding tert-OH is 1. The van der Waals surface area contributed by atoms with Gasteiger partial charge in [0.15, 0.2) is 0 Å². The van der Waals surface area contributed by atoms with Gasteiger partial charge in [-0.05, 0) is 6.42 Å². The summed E-state index contributed by atoms with van der Waals surface area (Å²) < 4.78 is 0. The molecule has 0 aliphatic carbocycles. The summed E-state index contributed by atoms with van der Waals surface area (Å²) in [5, 5.41) is 32.6. The Hall–Kier alpha value is -2.34. The van der Waals surface area contributed by atoms with Crippen LogP contribution in [0.15, 0.2) is 0 Å². The highest BCUT2D eigenvalue weighted by Gasteiger charge is 2.23. The molecule has 11 nitrogen and oxygen atoms in total. The number of carboxylic acid groups (broad SMARTS) is 2. The summed E-state index contributed by atoms with van der Waals surface area (Å²) in [7, 11) is 0. The fourth-order valence-electron chi connectivity index (χ4n) is 1.65. The summed E-state index contributed by atoms with van der Waals surface area (Å²) in [4.78, 5) is 56.2. The van der Waals surface area contributed by atoms with E-state index in [1.807, 2.05) is 0 Å². The third-order valence-corrected chi connectivity index (χ3v) is 3.25. The van der Waals surface area contributed by atoms with Crippen LogP contribution < -0.4 is 16.0 Å². The number of hydrogen-bond donors (Lipinski definition) is 7. The van der Waals surface area contributed by atoms with E-state index < -0.39 is 54.9 Å². The summed E-state index contributed by atoms with van der Waals surface area (Å²) in [6, 6.07) is -2.40. The number of amides is 3. The third-order valence-electron chi connectivity index (χ3n) is 2.88. The van der Waals surface area contributed by atoms with Gasteiger partial charge in [-0.25, -0.2) is 4.79 Å². The molecular weight excluding hydrogens is 358 g/mol. The molecular formula is C13H21N3O8S. The van der Waals surface area contributed by atoms with Gasteiger partial charge in [-0.2, -0.15) is 12.6 Å². The average molecular weight is 379 g/mol. The molecule has 0 aromatic carbocycles. The molecule has 142 valence electrons. The molecule has 0 heterocycles. The molecule has 25 heavy (non-hydrogen) atoms. The Labute approximate surface area is 148 Å². The van der Waals surface area contributed by atoms with Crippen molar-refractivity contribution in [1.82, 2.24) is 16.0 Å². The number of carbonyl (C=O) groups excluding carboxylic acids is 3. The molecule has 0 bridgehead atoms. The monoisotopic (exact) mass is 379 g/mol. The molecule has 0 saturated carbocycles. The van der Waals surface area contributed by atoms with Gasteiger partial charge in [-0.15, -0.1) is 0 Å². The van der Waals surface area contributed by atoms with Crippen molar-refractivity contribution in [3.8, 4) is 0 Å². The molecule has 0 fully saturated rings. The second kappa shape index (κ2) is 12.1. The lowest BCUT2D eigenvalue weighted by atomic mass is 10.1. The normalized spacial score (nSPS) is 12.6. The molecule has 0 aromatic heterocycles. The maximum absolute atomic E-state index is 11.8. The minimum Gasteiger partial charge on any atom is -0.480 e. The van der Waals surface area contributed by atoms with Gasteiger partial charge >= 0.3 is 11.9 Å². The Kier molecular flexibility index (Phi) is 11.0. The van der Waals surface area contributed by atoms with Crippen molar-refractivity contribution in [2.45, 2.75) is 31.3 Å². The number of rotatable bonds is 12. The molecule has 0 saturated heterocycles. The van der Waals surface area contributed by atoms with E-state index >= 15 is 0 Å². The summed E-state index contributed by atoms with van der Waals surface area (Å²) in [5.41, 5.74) is 0. The number of carbonyl (C=O) groups is 5. The first-order valence-corrected chi connectivity index (χ1v) is 7.87. The van der Waals surface area contributed by atoms with Crippen molar-refractivity contribution in [1.29, 1.82) is 0 Å². The number of nitrogens with one attached hydrogen (secondary N) is 3. The van der Waals surface area contributed by atoms with E-state index in [1.54, 1.807) is 0 Å². The van der Waals surface area contributed by atoms with Crippen LogP contribution in [0.5, 0.6) is 0 Å². The van der Waals surface area contributed by atoms with Crippen LogP contribution >= 0.6 is 12.6 Å². The lowest BCUT2D eigenvalue weighted by Gasteiger charge is -2.17.